The number of anilines is 1. The molecule has 0 unspecified atom stereocenters. The fourth-order valence-corrected chi connectivity index (χ4v) is 1.85. The fraction of sp³-hybridized carbons (Fsp3) is 0.0833. The molecule has 2 heterocycles. The van der Waals surface area contributed by atoms with Crippen LogP contribution in [-0.2, 0) is 0 Å². The molecule has 92 valence electrons. The predicted octanol–water partition coefficient (Wildman–Crippen LogP) is 2.09. The standard InChI is InChI=1S/C12H10BrN3O2/c1-7-4-9(13)6-15-11(7)16-12(18)8-2-3-10(17)14-5-8/h2-6H,1H3,(H,14,17)(H,15,16,18). The van der Waals surface area contributed by atoms with Crippen molar-refractivity contribution in [3.05, 3.63) is 56.5 Å². The van der Waals surface area contributed by atoms with E-state index in [-0.39, 0.29) is 11.5 Å². The Morgan fingerprint density at radius 2 is 2.22 bits per heavy atom. The van der Waals surface area contributed by atoms with Crippen molar-refractivity contribution in [3.8, 4) is 0 Å². The number of halogens is 1. The minimum Gasteiger partial charge on any atom is -0.328 e. The third kappa shape index (κ3) is 2.84. The Bertz CT molecular complexity index is 632. The van der Waals surface area contributed by atoms with E-state index in [2.05, 4.69) is 31.2 Å². The van der Waals surface area contributed by atoms with Crippen LogP contribution in [0.25, 0.3) is 0 Å². The van der Waals surface area contributed by atoms with Gasteiger partial charge in [-0.15, -0.1) is 0 Å². The SMILES string of the molecule is Cc1cc(Br)cnc1NC(=O)c1ccc(=O)[nH]c1. The number of H-pyrrole nitrogens is 1. The normalized spacial score (nSPS) is 10.1. The molecule has 0 fully saturated rings. The molecule has 0 aliphatic rings. The van der Waals surface area contributed by atoms with Gasteiger partial charge in [-0.2, -0.15) is 0 Å². The molecule has 1 amide bonds. The number of carbonyl (C=O) groups excluding carboxylic acids is 1. The van der Waals surface area contributed by atoms with E-state index in [1.807, 2.05) is 13.0 Å². The molecule has 2 aromatic heterocycles. The molecule has 5 nitrogen and oxygen atoms in total. The first-order valence-electron chi connectivity index (χ1n) is 5.18. The van der Waals surface area contributed by atoms with Crippen LogP contribution in [0.2, 0.25) is 0 Å². The van der Waals surface area contributed by atoms with Gasteiger partial charge in [-0.1, -0.05) is 0 Å². The molecular formula is C12H10BrN3O2. The number of hydrogen-bond acceptors (Lipinski definition) is 3. The molecule has 0 aliphatic heterocycles. The van der Waals surface area contributed by atoms with Crippen molar-refractivity contribution in [2.75, 3.05) is 5.32 Å². The molecule has 2 aromatic rings. The van der Waals surface area contributed by atoms with Crippen molar-refractivity contribution in [1.82, 2.24) is 9.97 Å². The Morgan fingerprint density at radius 3 is 2.83 bits per heavy atom. The van der Waals surface area contributed by atoms with Crippen LogP contribution in [0.15, 0.2) is 39.9 Å². The lowest BCUT2D eigenvalue weighted by Crippen LogP contribution is -2.16. The lowest BCUT2D eigenvalue weighted by Gasteiger charge is -2.07. The number of nitrogens with one attached hydrogen (secondary N) is 2. The van der Waals surface area contributed by atoms with Crippen molar-refractivity contribution >= 4 is 27.7 Å². The molecule has 0 spiro atoms. The van der Waals surface area contributed by atoms with E-state index in [0.29, 0.717) is 11.4 Å². The summed E-state index contributed by atoms with van der Waals surface area (Å²) in [5.41, 5.74) is 0.977. The van der Waals surface area contributed by atoms with Crippen LogP contribution in [0.3, 0.4) is 0 Å². The maximum absolute atomic E-state index is 11.9. The molecule has 0 saturated heterocycles. The first kappa shape index (κ1) is 12.5. The number of amides is 1. The third-order valence-corrected chi connectivity index (χ3v) is 2.76. The summed E-state index contributed by atoms with van der Waals surface area (Å²) in [5.74, 6) is 0.179. The lowest BCUT2D eigenvalue weighted by molar-refractivity contribution is 0.102. The summed E-state index contributed by atoms with van der Waals surface area (Å²) in [6.45, 7) is 1.85. The van der Waals surface area contributed by atoms with Gasteiger partial charge >= 0.3 is 0 Å². The lowest BCUT2D eigenvalue weighted by atomic mass is 10.2. The minimum absolute atomic E-state index is 0.246. The molecule has 18 heavy (non-hydrogen) atoms. The molecule has 0 radical (unpaired) electrons. The summed E-state index contributed by atoms with van der Waals surface area (Å²) in [4.78, 5) is 29.3. The van der Waals surface area contributed by atoms with E-state index in [1.54, 1.807) is 6.20 Å². The number of aryl methyl sites for hydroxylation is 1. The largest absolute Gasteiger partial charge is 0.328 e. The van der Waals surface area contributed by atoms with Gasteiger partial charge in [-0.25, -0.2) is 4.98 Å². The van der Waals surface area contributed by atoms with Crippen LogP contribution in [0.4, 0.5) is 5.82 Å². The smallest absolute Gasteiger partial charge is 0.258 e. The average molecular weight is 308 g/mol. The van der Waals surface area contributed by atoms with Gasteiger partial charge in [-0.05, 0) is 40.5 Å². The van der Waals surface area contributed by atoms with Crippen LogP contribution < -0.4 is 10.9 Å². The highest BCUT2D eigenvalue weighted by atomic mass is 79.9. The quantitative estimate of drug-likeness (QED) is 0.892. The van der Waals surface area contributed by atoms with Crippen LogP contribution in [0.1, 0.15) is 15.9 Å². The summed E-state index contributed by atoms with van der Waals surface area (Å²) >= 11 is 3.30. The molecule has 0 aromatic carbocycles. The highest BCUT2D eigenvalue weighted by molar-refractivity contribution is 9.10. The van der Waals surface area contributed by atoms with E-state index in [9.17, 15) is 9.59 Å². The monoisotopic (exact) mass is 307 g/mol. The van der Waals surface area contributed by atoms with Crippen LogP contribution in [0.5, 0.6) is 0 Å². The average Bonchev–Trinajstić information content (AvgIpc) is 2.33. The summed E-state index contributed by atoms with van der Waals surface area (Å²) in [6.07, 6.45) is 2.97. The van der Waals surface area contributed by atoms with Crippen molar-refractivity contribution < 1.29 is 4.79 Å². The van der Waals surface area contributed by atoms with Crippen LogP contribution >= 0.6 is 15.9 Å². The number of pyridine rings is 2. The maximum atomic E-state index is 11.9. The van der Waals surface area contributed by atoms with Gasteiger partial charge in [0.25, 0.3) is 5.91 Å². The number of nitrogens with zero attached hydrogens (tertiary/aromatic N) is 1. The Morgan fingerprint density at radius 1 is 1.44 bits per heavy atom. The second-order valence-electron chi connectivity index (χ2n) is 3.71. The number of rotatable bonds is 2. The first-order valence-corrected chi connectivity index (χ1v) is 5.98. The topological polar surface area (TPSA) is 74.8 Å². The van der Waals surface area contributed by atoms with E-state index in [4.69, 9.17) is 0 Å². The highest BCUT2D eigenvalue weighted by Gasteiger charge is 2.08. The molecule has 0 bridgehead atoms. The molecule has 0 atom stereocenters. The second kappa shape index (κ2) is 5.14. The van der Waals surface area contributed by atoms with E-state index < -0.39 is 0 Å². The zero-order chi connectivity index (χ0) is 13.1. The van der Waals surface area contributed by atoms with Gasteiger partial charge in [-0.3, -0.25) is 9.59 Å². The van der Waals surface area contributed by atoms with Gasteiger partial charge in [0.05, 0.1) is 5.56 Å². The van der Waals surface area contributed by atoms with Gasteiger partial charge in [0.15, 0.2) is 0 Å². The second-order valence-corrected chi connectivity index (χ2v) is 4.63. The fourth-order valence-electron chi connectivity index (χ4n) is 1.40. The third-order valence-electron chi connectivity index (χ3n) is 2.32. The molecule has 2 N–H and O–H groups in total. The Hall–Kier alpha value is -1.95. The Balaban J connectivity index is 2.21. The van der Waals surface area contributed by atoms with Crippen LogP contribution in [-0.4, -0.2) is 15.9 Å². The summed E-state index contributed by atoms with van der Waals surface area (Å²) in [5, 5.41) is 2.68. The molecule has 6 heteroatoms. The Kier molecular flexibility index (Phi) is 3.57. The number of hydrogen-bond donors (Lipinski definition) is 2. The zero-order valence-electron chi connectivity index (χ0n) is 9.53. The summed E-state index contributed by atoms with van der Waals surface area (Å²) in [6, 6.07) is 4.62. The van der Waals surface area contributed by atoms with Gasteiger partial charge in [0.1, 0.15) is 5.82 Å². The Labute approximate surface area is 111 Å². The maximum Gasteiger partial charge on any atom is 0.258 e. The van der Waals surface area contributed by atoms with Gasteiger partial charge < -0.3 is 10.3 Å². The number of aromatic amines is 1. The predicted molar refractivity (Wildman–Crippen MR) is 71.7 cm³/mol. The van der Waals surface area contributed by atoms with E-state index >= 15 is 0 Å². The molecule has 2 rings (SSSR count). The summed E-state index contributed by atoms with van der Waals surface area (Å²) in [7, 11) is 0. The van der Waals surface area contributed by atoms with Crippen molar-refractivity contribution in [2.24, 2.45) is 0 Å². The van der Waals surface area contributed by atoms with Crippen molar-refractivity contribution in [1.29, 1.82) is 0 Å². The van der Waals surface area contributed by atoms with Crippen molar-refractivity contribution in [3.63, 3.8) is 0 Å². The van der Waals surface area contributed by atoms with Crippen LogP contribution in [0, 0.1) is 6.92 Å². The highest BCUT2D eigenvalue weighted by Crippen LogP contribution is 2.17. The summed E-state index contributed by atoms with van der Waals surface area (Å²) < 4.78 is 0.849. The minimum atomic E-state index is -0.316. The molecule has 0 saturated carbocycles. The van der Waals surface area contributed by atoms with Gasteiger partial charge in [0, 0.05) is 22.9 Å². The number of aromatic nitrogens is 2. The van der Waals surface area contributed by atoms with Crippen molar-refractivity contribution in [2.45, 2.75) is 6.92 Å². The zero-order valence-corrected chi connectivity index (χ0v) is 11.1. The molecular weight excluding hydrogens is 298 g/mol. The van der Waals surface area contributed by atoms with E-state index in [0.717, 1.165) is 10.0 Å². The van der Waals surface area contributed by atoms with E-state index in [1.165, 1.54) is 18.3 Å². The first-order chi connectivity index (χ1) is 8.56. The molecule has 0 aliphatic carbocycles. The number of carbonyl (C=O) groups is 1. The van der Waals surface area contributed by atoms with Gasteiger partial charge in [0.2, 0.25) is 5.56 Å².